The van der Waals surface area contributed by atoms with Gasteiger partial charge in [-0.1, -0.05) is 6.07 Å². The Hall–Kier alpha value is -1.13. The van der Waals surface area contributed by atoms with E-state index >= 15 is 0 Å². The number of nitrogens with one attached hydrogen (secondary N) is 1. The number of pyridine rings is 1. The molecule has 3 N–H and O–H groups in total. The van der Waals surface area contributed by atoms with Crippen LogP contribution in [0.5, 0.6) is 0 Å². The molecule has 0 aliphatic carbocycles. The highest BCUT2D eigenvalue weighted by Crippen LogP contribution is 2.07. The third kappa shape index (κ3) is 4.32. The van der Waals surface area contributed by atoms with Crippen molar-refractivity contribution in [1.82, 2.24) is 15.2 Å². The van der Waals surface area contributed by atoms with Crippen molar-refractivity contribution in [1.29, 1.82) is 0 Å². The number of nitrogens with two attached hydrogens (primary N) is 1. The van der Waals surface area contributed by atoms with Gasteiger partial charge in [0.25, 0.3) is 0 Å². The first-order valence-corrected chi connectivity index (χ1v) is 6.48. The first-order chi connectivity index (χ1) is 8.34. The summed E-state index contributed by atoms with van der Waals surface area (Å²) in [6, 6.07) is 3.87. The Morgan fingerprint density at radius 1 is 1.29 bits per heavy atom. The third-order valence-electron chi connectivity index (χ3n) is 3.20. The van der Waals surface area contributed by atoms with Gasteiger partial charge in [0.05, 0.1) is 0 Å². The molecule has 0 aromatic carbocycles. The molecule has 1 aromatic heterocycles. The van der Waals surface area contributed by atoms with Gasteiger partial charge in [-0.2, -0.15) is 0 Å². The summed E-state index contributed by atoms with van der Waals surface area (Å²) in [5.41, 5.74) is 6.73. The largest absolute Gasteiger partial charge is 0.384 e. The summed E-state index contributed by atoms with van der Waals surface area (Å²) in [6.07, 6.45) is 5.82. The van der Waals surface area contributed by atoms with Gasteiger partial charge in [-0.3, -0.25) is 0 Å². The summed E-state index contributed by atoms with van der Waals surface area (Å²) in [4.78, 5) is 6.62. The molecule has 0 unspecified atom stereocenters. The van der Waals surface area contributed by atoms with E-state index in [1.807, 2.05) is 18.3 Å². The van der Waals surface area contributed by atoms with Gasteiger partial charge in [0.2, 0.25) is 0 Å². The average Bonchev–Trinajstić information content (AvgIpc) is 2.84. The van der Waals surface area contributed by atoms with Crippen LogP contribution in [0.1, 0.15) is 24.8 Å². The fraction of sp³-hybridized carbons (Fsp3) is 0.615. The number of nitrogen functional groups attached to an aromatic ring is 1. The molecule has 2 heterocycles. The summed E-state index contributed by atoms with van der Waals surface area (Å²) < 4.78 is 0. The number of anilines is 1. The van der Waals surface area contributed by atoms with Gasteiger partial charge in [0.1, 0.15) is 5.82 Å². The fourth-order valence-electron chi connectivity index (χ4n) is 2.21. The van der Waals surface area contributed by atoms with E-state index in [2.05, 4.69) is 15.2 Å². The molecule has 1 aliphatic heterocycles. The molecule has 94 valence electrons. The van der Waals surface area contributed by atoms with Gasteiger partial charge < -0.3 is 16.0 Å². The van der Waals surface area contributed by atoms with E-state index in [-0.39, 0.29) is 0 Å². The van der Waals surface area contributed by atoms with Crippen LogP contribution in [0.25, 0.3) is 0 Å². The van der Waals surface area contributed by atoms with E-state index in [0.29, 0.717) is 5.82 Å². The van der Waals surface area contributed by atoms with Crippen LogP contribution in [0, 0.1) is 0 Å². The van der Waals surface area contributed by atoms with Gasteiger partial charge in [-0.15, -0.1) is 0 Å². The molecule has 1 saturated heterocycles. The first-order valence-electron chi connectivity index (χ1n) is 6.48. The molecule has 1 aromatic rings. The lowest BCUT2D eigenvalue weighted by molar-refractivity contribution is 0.331. The van der Waals surface area contributed by atoms with Crippen LogP contribution in [0.4, 0.5) is 5.82 Å². The molecule has 0 saturated carbocycles. The molecule has 0 bridgehead atoms. The van der Waals surface area contributed by atoms with Crippen LogP contribution in [0.3, 0.4) is 0 Å². The average molecular weight is 234 g/mol. The van der Waals surface area contributed by atoms with Crippen LogP contribution < -0.4 is 11.1 Å². The van der Waals surface area contributed by atoms with E-state index in [1.54, 1.807) is 0 Å². The summed E-state index contributed by atoms with van der Waals surface area (Å²) in [5, 5.41) is 3.44. The Labute approximate surface area is 103 Å². The van der Waals surface area contributed by atoms with Gasteiger partial charge in [0, 0.05) is 12.7 Å². The van der Waals surface area contributed by atoms with Crippen molar-refractivity contribution in [2.45, 2.75) is 25.8 Å². The van der Waals surface area contributed by atoms with Crippen molar-refractivity contribution in [2.75, 3.05) is 31.9 Å². The number of likely N-dealkylation sites (tertiary alicyclic amines) is 1. The summed E-state index contributed by atoms with van der Waals surface area (Å²) in [6.45, 7) is 5.77. The zero-order chi connectivity index (χ0) is 11.9. The smallest absolute Gasteiger partial charge is 0.123 e. The van der Waals surface area contributed by atoms with Crippen LogP contribution >= 0.6 is 0 Å². The zero-order valence-electron chi connectivity index (χ0n) is 10.4. The quantitative estimate of drug-likeness (QED) is 0.727. The minimum Gasteiger partial charge on any atom is -0.384 e. The molecule has 0 radical (unpaired) electrons. The second-order valence-electron chi connectivity index (χ2n) is 4.67. The maximum atomic E-state index is 5.54. The zero-order valence-corrected chi connectivity index (χ0v) is 10.4. The number of rotatable bonds is 6. The van der Waals surface area contributed by atoms with Crippen molar-refractivity contribution in [3.63, 3.8) is 0 Å². The molecular weight excluding hydrogens is 212 g/mol. The minimum absolute atomic E-state index is 0.586. The highest BCUT2D eigenvalue weighted by atomic mass is 15.1. The predicted octanol–water partition coefficient (Wildman–Crippen LogP) is 1.24. The molecule has 1 aliphatic rings. The van der Waals surface area contributed by atoms with Crippen molar-refractivity contribution >= 4 is 5.82 Å². The van der Waals surface area contributed by atoms with Crippen LogP contribution in [0.15, 0.2) is 18.3 Å². The molecule has 17 heavy (non-hydrogen) atoms. The lowest BCUT2D eigenvalue weighted by Gasteiger charge is -2.14. The number of hydrogen-bond donors (Lipinski definition) is 2. The standard InChI is InChI=1S/C13H22N4/c14-13-5-4-12(11-16-13)10-15-6-3-9-17-7-1-2-8-17/h4-5,11,15H,1-3,6-10H2,(H2,14,16). The lowest BCUT2D eigenvalue weighted by Crippen LogP contribution is -2.24. The highest BCUT2D eigenvalue weighted by molar-refractivity contribution is 5.29. The van der Waals surface area contributed by atoms with Gasteiger partial charge in [-0.05, 0) is 57.1 Å². The summed E-state index contributed by atoms with van der Waals surface area (Å²) in [7, 11) is 0. The van der Waals surface area contributed by atoms with Crippen molar-refractivity contribution in [2.24, 2.45) is 0 Å². The maximum Gasteiger partial charge on any atom is 0.123 e. The molecule has 4 heteroatoms. The van der Waals surface area contributed by atoms with Crippen molar-refractivity contribution in [3.8, 4) is 0 Å². The number of aromatic nitrogens is 1. The second kappa shape index (κ2) is 6.57. The van der Waals surface area contributed by atoms with Crippen LogP contribution in [-0.2, 0) is 6.54 Å². The van der Waals surface area contributed by atoms with Gasteiger partial charge in [-0.25, -0.2) is 4.98 Å². The van der Waals surface area contributed by atoms with Gasteiger partial charge in [0.15, 0.2) is 0 Å². The Morgan fingerprint density at radius 2 is 2.12 bits per heavy atom. The Kier molecular flexibility index (Phi) is 4.76. The van der Waals surface area contributed by atoms with Crippen LogP contribution in [-0.4, -0.2) is 36.1 Å². The van der Waals surface area contributed by atoms with E-state index in [1.165, 1.54) is 44.5 Å². The van der Waals surface area contributed by atoms with E-state index in [9.17, 15) is 0 Å². The topological polar surface area (TPSA) is 54.2 Å². The Balaban J connectivity index is 1.55. The molecule has 0 atom stereocenters. The minimum atomic E-state index is 0.586. The molecule has 4 nitrogen and oxygen atoms in total. The normalized spacial score (nSPS) is 16.5. The SMILES string of the molecule is Nc1ccc(CNCCCN2CCCC2)cn1. The third-order valence-corrected chi connectivity index (χ3v) is 3.20. The Bertz CT molecular complexity index is 317. The molecular formula is C13H22N4. The predicted molar refractivity (Wildman–Crippen MR) is 70.6 cm³/mol. The second-order valence-corrected chi connectivity index (χ2v) is 4.67. The van der Waals surface area contributed by atoms with Crippen LogP contribution in [0.2, 0.25) is 0 Å². The molecule has 1 fully saturated rings. The molecule has 0 spiro atoms. The Morgan fingerprint density at radius 3 is 2.82 bits per heavy atom. The lowest BCUT2D eigenvalue weighted by atomic mass is 10.3. The maximum absolute atomic E-state index is 5.54. The monoisotopic (exact) mass is 234 g/mol. The van der Waals surface area contributed by atoms with Crippen molar-refractivity contribution < 1.29 is 0 Å². The van der Waals surface area contributed by atoms with E-state index in [4.69, 9.17) is 5.73 Å². The molecule has 2 rings (SSSR count). The number of nitrogens with zero attached hydrogens (tertiary/aromatic N) is 2. The van der Waals surface area contributed by atoms with Crippen molar-refractivity contribution in [3.05, 3.63) is 23.9 Å². The molecule has 0 amide bonds. The van der Waals surface area contributed by atoms with Gasteiger partial charge >= 0.3 is 0 Å². The van der Waals surface area contributed by atoms with E-state index < -0.39 is 0 Å². The fourth-order valence-corrected chi connectivity index (χ4v) is 2.21. The summed E-state index contributed by atoms with van der Waals surface area (Å²) in [5.74, 6) is 0.586. The highest BCUT2D eigenvalue weighted by Gasteiger charge is 2.09. The number of hydrogen-bond acceptors (Lipinski definition) is 4. The summed E-state index contributed by atoms with van der Waals surface area (Å²) >= 11 is 0. The first kappa shape index (κ1) is 12.3. The van der Waals surface area contributed by atoms with E-state index in [0.717, 1.165) is 13.1 Å².